The summed E-state index contributed by atoms with van der Waals surface area (Å²) < 4.78 is 0. The van der Waals surface area contributed by atoms with E-state index in [2.05, 4.69) is 81.4 Å². The molecular formula is C20H22N2. The lowest BCUT2D eigenvalue weighted by atomic mass is 9.97. The van der Waals surface area contributed by atoms with Gasteiger partial charge in [0, 0.05) is 31.4 Å². The van der Waals surface area contributed by atoms with Gasteiger partial charge in [0.25, 0.3) is 0 Å². The van der Waals surface area contributed by atoms with Crippen molar-refractivity contribution >= 4 is 23.2 Å². The molecule has 2 aromatic carbocycles. The lowest BCUT2D eigenvalue weighted by Crippen LogP contribution is -2.10. The first-order chi connectivity index (χ1) is 10.6. The van der Waals surface area contributed by atoms with Crippen molar-refractivity contribution in [3.8, 4) is 0 Å². The molecule has 3 rings (SSSR count). The van der Waals surface area contributed by atoms with E-state index in [0.29, 0.717) is 5.92 Å². The number of nitrogens with zero attached hydrogens (tertiary/aromatic N) is 2. The van der Waals surface area contributed by atoms with Crippen molar-refractivity contribution in [2.45, 2.75) is 19.8 Å². The third-order valence-corrected chi connectivity index (χ3v) is 4.25. The minimum Gasteiger partial charge on any atom is -0.377 e. The van der Waals surface area contributed by atoms with E-state index in [1.165, 1.54) is 22.4 Å². The zero-order valence-corrected chi connectivity index (χ0v) is 13.7. The molecule has 2 nitrogen and oxygen atoms in total. The van der Waals surface area contributed by atoms with Crippen LogP contribution < -0.4 is 4.90 Å². The van der Waals surface area contributed by atoms with Crippen LogP contribution in [0, 0.1) is 6.92 Å². The predicted octanol–water partition coefficient (Wildman–Crippen LogP) is 4.96. The Hall–Kier alpha value is -2.35. The van der Waals surface area contributed by atoms with E-state index in [9.17, 15) is 0 Å². The van der Waals surface area contributed by atoms with Crippen molar-refractivity contribution in [1.82, 2.24) is 0 Å². The molecule has 0 aliphatic carbocycles. The summed E-state index contributed by atoms with van der Waals surface area (Å²) in [5.74, 6) is 0.370. The van der Waals surface area contributed by atoms with Gasteiger partial charge in [-0.25, -0.2) is 0 Å². The lowest BCUT2D eigenvalue weighted by Gasteiger charge is -2.15. The summed E-state index contributed by atoms with van der Waals surface area (Å²) in [5.41, 5.74) is 7.33. The van der Waals surface area contributed by atoms with Gasteiger partial charge in [-0.1, -0.05) is 37.3 Å². The number of allylic oxidation sites excluding steroid dienone is 1. The van der Waals surface area contributed by atoms with E-state index in [1.807, 2.05) is 6.07 Å². The molecule has 1 atom stereocenters. The number of aliphatic imine (C=N–C) groups is 1. The van der Waals surface area contributed by atoms with E-state index in [0.717, 1.165) is 11.4 Å². The predicted molar refractivity (Wildman–Crippen MR) is 96.5 cm³/mol. The highest BCUT2D eigenvalue weighted by Crippen LogP contribution is 2.35. The van der Waals surface area contributed by atoms with Crippen LogP contribution in [-0.2, 0) is 0 Å². The van der Waals surface area contributed by atoms with Crippen LogP contribution in [0.5, 0.6) is 0 Å². The average Bonchev–Trinajstić information content (AvgIpc) is 2.82. The molecule has 112 valence electrons. The number of fused-ring (bicyclic) bond motifs is 1. The van der Waals surface area contributed by atoms with Crippen LogP contribution in [0.2, 0.25) is 0 Å². The Balaban J connectivity index is 1.83. The van der Waals surface area contributed by atoms with Gasteiger partial charge < -0.3 is 4.90 Å². The van der Waals surface area contributed by atoms with Gasteiger partial charge in [0.2, 0.25) is 0 Å². The van der Waals surface area contributed by atoms with Crippen LogP contribution >= 0.6 is 0 Å². The number of hydrogen-bond donors (Lipinski definition) is 0. The summed E-state index contributed by atoms with van der Waals surface area (Å²) in [6.45, 7) is 4.37. The highest BCUT2D eigenvalue weighted by atomic mass is 15.1. The number of benzene rings is 2. The van der Waals surface area contributed by atoms with Crippen LogP contribution in [0.1, 0.15) is 29.5 Å². The molecule has 0 bridgehead atoms. The zero-order valence-electron chi connectivity index (χ0n) is 13.7. The van der Waals surface area contributed by atoms with E-state index >= 15 is 0 Å². The minimum atomic E-state index is 0.370. The summed E-state index contributed by atoms with van der Waals surface area (Å²) in [6.07, 6.45) is 4.31. The molecule has 0 spiro atoms. The van der Waals surface area contributed by atoms with E-state index in [4.69, 9.17) is 4.99 Å². The van der Waals surface area contributed by atoms with Crippen molar-refractivity contribution in [1.29, 1.82) is 0 Å². The molecule has 0 radical (unpaired) electrons. The second kappa shape index (κ2) is 5.80. The molecule has 1 heterocycles. The van der Waals surface area contributed by atoms with Gasteiger partial charge in [0.15, 0.2) is 0 Å². The van der Waals surface area contributed by atoms with Crippen molar-refractivity contribution in [3.63, 3.8) is 0 Å². The monoisotopic (exact) mass is 290 g/mol. The van der Waals surface area contributed by atoms with Gasteiger partial charge in [-0.3, -0.25) is 4.99 Å². The van der Waals surface area contributed by atoms with Crippen LogP contribution in [0.25, 0.3) is 6.08 Å². The largest absolute Gasteiger partial charge is 0.377 e. The molecule has 0 amide bonds. The fraction of sp³-hybridized carbons (Fsp3) is 0.250. The van der Waals surface area contributed by atoms with Gasteiger partial charge in [0.05, 0.1) is 5.69 Å². The number of rotatable bonds is 3. The van der Waals surface area contributed by atoms with Gasteiger partial charge in [0.1, 0.15) is 0 Å². The van der Waals surface area contributed by atoms with Crippen molar-refractivity contribution in [2.75, 3.05) is 19.0 Å². The van der Waals surface area contributed by atoms with Crippen LogP contribution in [-0.4, -0.2) is 19.8 Å². The van der Waals surface area contributed by atoms with E-state index in [1.54, 1.807) is 0 Å². The molecule has 1 aliphatic heterocycles. The van der Waals surface area contributed by atoms with Crippen LogP contribution in [0.4, 0.5) is 11.4 Å². The molecule has 1 unspecified atom stereocenters. The van der Waals surface area contributed by atoms with Crippen molar-refractivity contribution < 1.29 is 0 Å². The van der Waals surface area contributed by atoms with Crippen molar-refractivity contribution in [3.05, 3.63) is 65.2 Å². The normalized spacial score (nSPS) is 16.7. The van der Waals surface area contributed by atoms with E-state index in [-0.39, 0.29) is 0 Å². The number of aryl methyl sites for hydroxylation is 1. The van der Waals surface area contributed by atoms with Gasteiger partial charge in [-0.15, -0.1) is 0 Å². The smallest absolute Gasteiger partial charge is 0.0671 e. The summed E-state index contributed by atoms with van der Waals surface area (Å²) in [4.78, 5) is 6.88. The van der Waals surface area contributed by atoms with Gasteiger partial charge in [-0.05, 0) is 47.9 Å². The summed E-state index contributed by atoms with van der Waals surface area (Å²) in [5, 5.41) is 0. The SMILES string of the molecule is Cc1cc(C=CC2=Nc3ccccc3C2C)ccc1N(C)C. The molecule has 0 saturated heterocycles. The molecule has 2 heteroatoms. The fourth-order valence-corrected chi connectivity index (χ4v) is 3.00. The Morgan fingerprint density at radius 1 is 1.05 bits per heavy atom. The number of hydrogen-bond acceptors (Lipinski definition) is 2. The molecule has 0 saturated carbocycles. The summed E-state index contributed by atoms with van der Waals surface area (Å²) in [6, 6.07) is 14.9. The Kier molecular flexibility index (Phi) is 3.84. The second-order valence-electron chi connectivity index (χ2n) is 6.09. The molecule has 0 aromatic heterocycles. The first-order valence-electron chi connectivity index (χ1n) is 7.70. The maximum atomic E-state index is 4.74. The first kappa shape index (κ1) is 14.6. The molecule has 2 aromatic rings. The van der Waals surface area contributed by atoms with Crippen molar-refractivity contribution in [2.24, 2.45) is 4.99 Å². The first-order valence-corrected chi connectivity index (χ1v) is 7.70. The highest BCUT2D eigenvalue weighted by molar-refractivity contribution is 6.07. The maximum Gasteiger partial charge on any atom is 0.0671 e. The Morgan fingerprint density at radius 2 is 1.82 bits per heavy atom. The molecule has 0 fully saturated rings. The van der Waals surface area contributed by atoms with Gasteiger partial charge >= 0.3 is 0 Å². The third kappa shape index (κ3) is 2.69. The lowest BCUT2D eigenvalue weighted by molar-refractivity contribution is 1.06. The maximum absolute atomic E-state index is 4.74. The molecule has 22 heavy (non-hydrogen) atoms. The highest BCUT2D eigenvalue weighted by Gasteiger charge is 2.20. The second-order valence-corrected chi connectivity index (χ2v) is 6.09. The summed E-state index contributed by atoms with van der Waals surface area (Å²) >= 11 is 0. The molecule has 1 aliphatic rings. The minimum absolute atomic E-state index is 0.370. The summed E-state index contributed by atoms with van der Waals surface area (Å²) in [7, 11) is 4.15. The van der Waals surface area contributed by atoms with Gasteiger partial charge in [-0.2, -0.15) is 0 Å². The Labute approximate surface area is 132 Å². The molecular weight excluding hydrogens is 268 g/mol. The molecule has 0 N–H and O–H groups in total. The Morgan fingerprint density at radius 3 is 2.50 bits per heavy atom. The van der Waals surface area contributed by atoms with E-state index < -0.39 is 0 Å². The third-order valence-electron chi connectivity index (χ3n) is 4.25. The topological polar surface area (TPSA) is 15.6 Å². The number of para-hydroxylation sites is 1. The zero-order chi connectivity index (χ0) is 15.7. The fourth-order valence-electron chi connectivity index (χ4n) is 3.00. The Bertz CT molecular complexity index is 754. The quantitative estimate of drug-likeness (QED) is 0.779. The van der Waals surface area contributed by atoms with Crippen LogP contribution in [0.15, 0.2) is 53.5 Å². The average molecular weight is 290 g/mol. The standard InChI is InChI=1S/C20H22N2/c1-14-13-16(10-12-20(14)22(3)4)9-11-18-15(2)17-7-5-6-8-19(17)21-18/h5-13,15H,1-4H3. The van der Waals surface area contributed by atoms with Crippen LogP contribution in [0.3, 0.4) is 0 Å². The number of anilines is 1.